The van der Waals surface area contributed by atoms with E-state index in [-0.39, 0.29) is 0 Å². The molecule has 0 radical (unpaired) electrons. The number of ether oxygens (including phenoxy) is 2. The Morgan fingerprint density at radius 3 is 2.43 bits per heavy atom. The summed E-state index contributed by atoms with van der Waals surface area (Å²) in [6.45, 7) is 1.97. The fourth-order valence-corrected chi connectivity index (χ4v) is 2.77. The van der Waals surface area contributed by atoms with Crippen molar-refractivity contribution in [1.29, 1.82) is 0 Å². The summed E-state index contributed by atoms with van der Waals surface area (Å²) in [5, 5.41) is 0. The van der Waals surface area contributed by atoms with Crippen molar-refractivity contribution in [3.8, 4) is 11.5 Å². The summed E-state index contributed by atoms with van der Waals surface area (Å²) in [6.07, 6.45) is 1.94. The highest BCUT2D eigenvalue weighted by molar-refractivity contribution is 5.57. The SMILES string of the molecule is COc1cc(N)cc(CCCN(C)Cc2ccccc2)c1OC. The van der Waals surface area contributed by atoms with Crippen LogP contribution in [0.25, 0.3) is 0 Å². The molecule has 0 aliphatic heterocycles. The number of aryl methyl sites for hydroxylation is 1. The third-order valence-corrected chi connectivity index (χ3v) is 3.86. The van der Waals surface area contributed by atoms with E-state index in [1.54, 1.807) is 20.3 Å². The molecule has 2 aromatic carbocycles. The minimum absolute atomic E-state index is 0.695. The number of nitrogen functional groups attached to an aromatic ring is 1. The van der Waals surface area contributed by atoms with Gasteiger partial charge in [0, 0.05) is 23.9 Å². The largest absolute Gasteiger partial charge is 0.493 e. The Hall–Kier alpha value is -2.20. The molecule has 2 rings (SSSR count). The highest BCUT2D eigenvalue weighted by Gasteiger charge is 2.11. The molecule has 2 aromatic rings. The molecule has 0 amide bonds. The predicted octanol–water partition coefficient (Wildman–Crippen LogP) is 3.35. The van der Waals surface area contributed by atoms with Crippen LogP contribution < -0.4 is 15.2 Å². The van der Waals surface area contributed by atoms with E-state index in [2.05, 4.69) is 36.2 Å². The van der Waals surface area contributed by atoms with Gasteiger partial charge >= 0.3 is 0 Å². The van der Waals surface area contributed by atoms with E-state index in [9.17, 15) is 0 Å². The zero-order chi connectivity index (χ0) is 16.7. The second-order valence-electron chi connectivity index (χ2n) is 5.74. The molecule has 0 saturated carbocycles. The number of hydrogen-bond donors (Lipinski definition) is 1. The topological polar surface area (TPSA) is 47.7 Å². The normalized spacial score (nSPS) is 10.8. The summed E-state index contributed by atoms with van der Waals surface area (Å²) in [5.41, 5.74) is 9.08. The van der Waals surface area contributed by atoms with E-state index in [1.165, 1.54) is 5.56 Å². The molecular weight excluding hydrogens is 288 g/mol. The number of methoxy groups -OCH3 is 2. The number of nitrogens with zero attached hydrogens (tertiary/aromatic N) is 1. The van der Waals surface area contributed by atoms with Crippen LogP contribution in [0.2, 0.25) is 0 Å². The van der Waals surface area contributed by atoms with E-state index in [0.717, 1.165) is 37.2 Å². The van der Waals surface area contributed by atoms with Crippen LogP contribution in [0.15, 0.2) is 42.5 Å². The zero-order valence-electron chi connectivity index (χ0n) is 14.2. The fraction of sp³-hybridized carbons (Fsp3) is 0.368. The molecule has 0 aliphatic carbocycles. The summed E-state index contributed by atoms with van der Waals surface area (Å²) in [6, 6.07) is 14.3. The Balaban J connectivity index is 1.92. The van der Waals surface area contributed by atoms with Crippen molar-refractivity contribution < 1.29 is 9.47 Å². The second kappa shape index (κ2) is 8.44. The van der Waals surface area contributed by atoms with Gasteiger partial charge in [0.1, 0.15) is 0 Å². The van der Waals surface area contributed by atoms with Crippen molar-refractivity contribution in [2.75, 3.05) is 33.5 Å². The average Bonchev–Trinajstić information content (AvgIpc) is 2.55. The Labute approximate surface area is 138 Å². The maximum Gasteiger partial charge on any atom is 0.164 e. The number of rotatable bonds is 8. The molecule has 4 nitrogen and oxygen atoms in total. The van der Waals surface area contributed by atoms with Crippen LogP contribution in [-0.2, 0) is 13.0 Å². The van der Waals surface area contributed by atoms with Gasteiger partial charge in [-0.2, -0.15) is 0 Å². The van der Waals surface area contributed by atoms with Gasteiger partial charge in [-0.1, -0.05) is 30.3 Å². The van der Waals surface area contributed by atoms with Crippen molar-refractivity contribution in [3.05, 3.63) is 53.6 Å². The molecule has 0 spiro atoms. The van der Waals surface area contributed by atoms with Gasteiger partial charge < -0.3 is 20.1 Å². The van der Waals surface area contributed by atoms with Crippen molar-refractivity contribution in [2.45, 2.75) is 19.4 Å². The molecular formula is C19H26N2O2. The molecule has 124 valence electrons. The number of benzene rings is 2. The minimum atomic E-state index is 0.695. The predicted molar refractivity (Wildman–Crippen MR) is 95.1 cm³/mol. The van der Waals surface area contributed by atoms with Gasteiger partial charge in [0.05, 0.1) is 14.2 Å². The quantitative estimate of drug-likeness (QED) is 0.759. The molecule has 0 aromatic heterocycles. The molecule has 0 heterocycles. The van der Waals surface area contributed by atoms with Crippen LogP contribution in [0, 0.1) is 0 Å². The number of anilines is 1. The van der Waals surface area contributed by atoms with E-state index in [1.807, 2.05) is 12.1 Å². The third kappa shape index (κ3) is 4.89. The maximum absolute atomic E-state index is 5.95. The first-order valence-corrected chi connectivity index (χ1v) is 7.87. The van der Waals surface area contributed by atoms with Gasteiger partial charge in [-0.05, 0) is 38.1 Å². The standard InChI is InChI=1S/C19H26N2O2/c1-21(14-15-8-5-4-6-9-15)11-7-10-16-12-17(20)13-18(22-2)19(16)23-3/h4-6,8-9,12-13H,7,10-11,14,20H2,1-3H3. The summed E-state index contributed by atoms with van der Waals surface area (Å²) in [7, 11) is 5.44. The van der Waals surface area contributed by atoms with Crippen LogP contribution >= 0.6 is 0 Å². The zero-order valence-corrected chi connectivity index (χ0v) is 14.2. The van der Waals surface area contributed by atoms with Crippen molar-refractivity contribution in [2.24, 2.45) is 0 Å². The van der Waals surface area contributed by atoms with Gasteiger partial charge in [-0.3, -0.25) is 0 Å². The lowest BCUT2D eigenvalue weighted by molar-refractivity contribution is 0.319. The lowest BCUT2D eigenvalue weighted by atomic mass is 10.1. The second-order valence-corrected chi connectivity index (χ2v) is 5.74. The summed E-state index contributed by atoms with van der Waals surface area (Å²) in [4.78, 5) is 2.32. The molecule has 0 saturated heterocycles. The van der Waals surface area contributed by atoms with Crippen LogP contribution in [0.1, 0.15) is 17.5 Å². The summed E-state index contributed by atoms with van der Waals surface area (Å²) in [5.74, 6) is 1.48. The summed E-state index contributed by atoms with van der Waals surface area (Å²) >= 11 is 0. The number of nitrogens with two attached hydrogens (primary N) is 1. The molecule has 0 aliphatic rings. The first kappa shape index (κ1) is 17.2. The molecule has 0 bridgehead atoms. The molecule has 4 heteroatoms. The van der Waals surface area contributed by atoms with Crippen LogP contribution in [0.4, 0.5) is 5.69 Å². The highest BCUT2D eigenvalue weighted by Crippen LogP contribution is 2.34. The van der Waals surface area contributed by atoms with E-state index in [4.69, 9.17) is 15.2 Å². The maximum atomic E-state index is 5.95. The fourth-order valence-electron chi connectivity index (χ4n) is 2.77. The highest BCUT2D eigenvalue weighted by atomic mass is 16.5. The Morgan fingerprint density at radius 1 is 1.04 bits per heavy atom. The van der Waals surface area contributed by atoms with E-state index >= 15 is 0 Å². The third-order valence-electron chi connectivity index (χ3n) is 3.86. The monoisotopic (exact) mass is 314 g/mol. The Kier molecular flexibility index (Phi) is 6.29. The number of hydrogen-bond acceptors (Lipinski definition) is 4. The van der Waals surface area contributed by atoms with Crippen molar-refractivity contribution in [1.82, 2.24) is 4.90 Å². The van der Waals surface area contributed by atoms with Gasteiger partial charge in [0.15, 0.2) is 11.5 Å². The lowest BCUT2D eigenvalue weighted by Crippen LogP contribution is -2.19. The molecule has 0 fully saturated rings. The van der Waals surface area contributed by atoms with Crippen LogP contribution in [0.5, 0.6) is 11.5 Å². The molecule has 0 atom stereocenters. The van der Waals surface area contributed by atoms with Gasteiger partial charge in [0.25, 0.3) is 0 Å². The molecule has 2 N–H and O–H groups in total. The average molecular weight is 314 g/mol. The lowest BCUT2D eigenvalue weighted by Gasteiger charge is -2.18. The van der Waals surface area contributed by atoms with Crippen molar-refractivity contribution in [3.63, 3.8) is 0 Å². The van der Waals surface area contributed by atoms with Gasteiger partial charge in [-0.25, -0.2) is 0 Å². The first-order chi connectivity index (χ1) is 11.1. The van der Waals surface area contributed by atoms with Crippen LogP contribution in [-0.4, -0.2) is 32.7 Å². The van der Waals surface area contributed by atoms with Gasteiger partial charge in [0.2, 0.25) is 0 Å². The minimum Gasteiger partial charge on any atom is -0.493 e. The first-order valence-electron chi connectivity index (χ1n) is 7.87. The van der Waals surface area contributed by atoms with Crippen LogP contribution in [0.3, 0.4) is 0 Å². The summed E-state index contributed by atoms with van der Waals surface area (Å²) < 4.78 is 10.8. The Morgan fingerprint density at radius 2 is 1.78 bits per heavy atom. The van der Waals surface area contributed by atoms with E-state index < -0.39 is 0 Å². The molecule has 0 unspecified atom stereocenters. The Bertz CT molecular complexity index is 614. The molecule has 23 heavy (non-hydrogen) atoms. The van der Waals surface area contributed by atoms with E-state index in [0.29, 0.717) is 11.4 Å². The smallest absolute Gasteiger partial charge is 0.164 e. The van der Waals surface area contributed by atoms with Crippen molar-refractivity contribution >= 4 is 5.69 Å². The van der Waals surface area contributed by atoms with Gasteiger partial charge in [-0.15, -0.1) is 0 Å².